The number of hydrogen-bond acceptors (Lipinski definition) is 6. The second-order valence-electron chi connectivity index (χ2n) is 5.15. The van der Waals surface area contributed by atoms with Gasteiger partial charge >= 0.3 is 5.97 Å². The number of ether oxygens (including phenoxy) is 1. The molecule has 2 heterocycles. The number of thiophene rings is 1. The van der Waals surface area contributed by atoms with Crippen LogP contribution < -0.4 is 5.56 Å². The molecular weight excluding hydrogens is 332 g/mol. The molecule has 0 aromatic carbocycles. The summed E-state index contributed by atoms with van der Waals surface area (Å²) in [6.07, 6.45) is 3.98. The molecule has 1 unspecified atom stereocenters. The number of hydrogen-bond donors (Lipinski definition) is 0. The second-order valence-corrected chi connectivity index (χ2v) is 7.04. The summed E-state index contributed by atoms with van der Waals surface area (Å²) in [4.78, 5) is 31.7. The SMILES string of the molecule is CCCOC(=O)C(CC)n1c(SC)nc2sc(CC)cc2c1=O. The minimum Gasteiger partial charge on any atom is -0.464 e. The average Bonchev–Trinajstić information content (AvgIpc) is 2.98. The zero-order valence-corrected chi connectivity index (χ0v) is 15.6. The van der Waals surface area contributed by atoms with Crippen LogP contribution in [0.5, 0.6) is 0 Å². The fraction of sp³-hybridized carbons (Fsp3) is 0.562. The quantitative estimate of drug-likeness (QED) is 0.431. The van der Waals surface area contributed by atoms with Crippen LogP contribution in [0.15, 0.2) is 16.0 Å². The van der Waals surface area contributed by atoms with Crippen LogP contribution in [0.25, 0.3) is 10.2 Å². The van der Waals surface area contributed by atoms with Gasteiger partial charge in [-0.2, -0.15) is 0 Å². The molecule has 0 saturated heterocycles. The number of aryl methyl sites for hydroxylation is 1. The van der Waals surface area contributed by atoms with Crippen molar-refractivity contribution >= 4 is 39.3 Å². The van der Waals surface area contributed by atoms with Crippen LogP contribution in [0.1, 0.15) is 44.5 Å². The maximum absolute atomic E-state index is 12.9. The third-order valence-corrected chi connectivity index (χ3v) is 5.39. The molecule has 0 aliphatic rings. The Bertz CT molecular complexity index is 752. The first-order valence-corrected chi connectivity index (χ1v) is 9.86. The van der Waals surface area contributed by atoms with Gasteiger partial charge in [0.2, 0.25) is 0 Å². The van der Waals surface area contributed by atoms with Crippen molar-refractivity contribution in [3.8, 4) is 0 Å². The van der Waals surface area contributed by atoms with Crippen molar-refractivity contribution in [3.05, 3.63) is 21.3 Å². The van der Waals surface area contributed by atoms with Crippen LogP contribution in [0.3, 0.4) is 0 Å². The Balaban J connectivity index is 2.58. The van der Waals surface area contributed by atoms with Gasteiger partial charge in [0.05, 0.1) is 12.0 Å². The molecule has 0 N–H and O–H groups in total. The Hall–Kier alpha value is -1.34. The fourth-order valence-electron chi connectivity index (χ4n) is 2.37. The molecule has 0 fully saturated rings. The third-order valence-electron chi connectivity index (χ3n) is 3.57. The fourth-order valence-corrected chi connectivity index (χ4v) is 3.98. The van der Waals surface area contributed by atoms with E-state index in [0.29, 0.717) is 23.6 Å². The standard InChI is InChI=1S/C16H22N2O3S2/c1-5-8-21-15(20)12(7-3)18-14(19)11-9-10(6-2)23-13(11)17-16(18)22-4/h9,12H,5-8H2,1-4H3. The van der Waals surface area contributed by atoms with E-state index in [2.05, 4.69) is 11.9 Å². The lowest BCUT2D eigenvalue weighted by Crippen LogP contribution is -2.32. The van der Waals surface area contributed by atoms with Crippen LogP contribution in [0.4, 0.5) is 0 Å². The van der Waals surface area contributed by atoms with E-state index in [9.17, 15) is 9.59 Å². The number of aromatic nitrogens is 2. The van der Waals surface area contributed by atoms with Gasteiger partial charge in [-0.1, -0.05) is 32.5 Å². The molecule has 0 spiro atoms. The van der Waals surface area contributed by atoms with Crippen molar-refractivity contribution in [2.24, 2.45) is 0 Å². The van der Waals surface area contributed by atoms with Crippen LogP contribution in [-0.4, -0.2) is 28.4 Å². The Kier molecular flexibility index (Phi) is 6.24. The molecule has 0 bridgehead atoms. The predicted molar refractivity (Wildman–Crippen MR) is 95.6 cm³/mol. The minimum absolute atomic E-state index is 0.157. The summed E-state index contributed by atoms with van der Waals surface area (Å²) in [5.74, 6) is -0.362. The smallest absolute Gasteiger partial charge is 0.329 e. The number of carbonyl (C=O) groups is 1. The van der Waals surface area contributed by atoms with E-state index in [1.807, 2.05) is 26.2 Å². The molecule has 5 nitrogen and oxygen atoms in total. The predicted octanol–water partition coefficient (Wildman–Crippen LogP) is 3.65. The molecular formula is C16H22N2O3S2. The van der Waals surface area contributed by atoms with Crippen molar-refractivity contribution in [1.82, 2.24) is 9.55 Å². The lowest BCUT2D eigenvalue weighted by atomic mass is 10.2. The van der Waals surface area contributed by atoms with E-state index in [1.54, 1.807) is 0 Å². The van der Waals surface area contributed by atoms with Gasteiger partial charge in [0.15, 0.2) is 5.16 Å². The highest BCUT2D eigenvalue weighted by molar-refractivity contribution is 7.98. The van der Waals surface area contributed by atoms with Crippen LogP contribution in [-0.2, 0) is 16.0 Å². The largest absolute Gasteiger partial charge is 0.464 e. The van der Waals surface area contributed by atoms with E-state index in [4.69, 9.17) is 4.74 Å². The van der Waals surface area contributed by atoms with Gasteiger partial charge in [0, 0.05) is 4.88 Å². The highest BCUT2D eigenvalue weighted by atomic mass is 32.2. The second kappa shape index (κ2) is 7.97. The summed E-state index contributed by atoms with van der Waals surface area (Å²) < 4.78 is 6.76. The van der Waals surface area contributed by atoms with Gasteiger partial charge in [0.25, 0.3) is 5.56 Å². The van der Waals surface area contributed by atoms with E-state index in [-0.39, 0.29) is 11.5 Å². The first-order chi connectivity index (χ1) is 11.1. The zero-order valence-electron chi connectivity index (χ0n) is 13.9. The van der Waals surface area contributed by atoms with E-state index < -0.39 is 6.04 Å². The van der Waals surface area contributed by atoms with E-state index in [0.717, 1.165) is 22.5 Å². The highest BCUT2D eigenvalue weighted by Gasteiger charge is 2.26. The van der Waals surface area contributed by atoms with Crippen LogP contribution >= 0.6 is 23.1 Å². The maximum Gasteiger partial charge on any atom is 0.329 e. The molecule has 0 aliphatic heterocycles. The molecule has 1 atom stereocenters. The Morgan fingerprint density at radius 1 is 1.43 bits per heavy atom. The third kappa shape index (κ3) is 3.61. The van der Waals surface area contributed by atoms with E-state index >= 15 is 0 Å². The van der Waals surface area contributed by atoms with Crippen molar-refractivity contribution in [2.75, 3.05) is 12.9 Å². The molecule has 0 saturated carbocycles. The van der Waals surface area contributed by atoms with Gasteiger partial charge in [0.1, 0.15) is 10.9 Å². The van der Waals surface area contributed by atoms with Gasteiger partial charge in [-0.25, -0.2) is 9.78 Å². The number of esters is 1. The molecule has 2 aromatic heterocycles. The lowest BCUT2D eigenvalue weighted by molar-refractivity contribution is -0.148. The van der Waals surface area contributed by atoms with Crippen molar-refractivity contribution in [3.63, 3.8) is 0 Å². The molecule has 2 aromatic rings. The summed E-state index contributed by atoms with van der Waals surface area (Å²) in [5.41, 5.74) is -0.157. The van der Waals surface area contributed by atoms with Gasteiger partial charge in [-0.3, -0.25) is 9.36 Å². The van der Waals surface area contributed by atoms with E-state index in [1.165, 1.54) is 27.7 Å². The molecule has 0 aliphatic carbocycles. The van der Waals surface area contributed by atoms with Crippen LogP contribution in [0, 0.1) is 0 Å². The highest BCUT2D eigenvalue weighted by Crippen LogP contribution is 2.27. The number of thioether (sulfide) groups is 1. The number of carbonyl (C=O) groups excluding carboxylic acids is 1. The summed E-state index contributed by atoms with van der Waals surface area (Å²) in [6, 6.07) is 1.26. The Morgan fingerprint density at radius 3 is 2.74 bits per heavy atom. The monoisotopic (exact) mass is 354 g/mol. The summed E-state index contributed by atoms with van der Waals surface area (Å²) in [7, 11) is 0. The molecule has 126 valence electrons. The van der Waals surface area contributed by atoms with Crippen molar-refractivity contribution < 1.29 is 9.53 Å². The molecule has 2 rings (SSSR count). The Morgan fingerprint density at radius 2 is 2.17 bits per heavy atom. The number of nitrogens with zero attached hydrogens (tertiary/aromatic N) is 2. The molecule has 23 heavy (non-hydrogen) atoms. The molecule has 0 radical (unpaired) electrons. The molecule has 7 heteroatoms. The average molecular weight is 354 g/mol. The number of rotatable bonds is 7. The van der Waals surface area contributed by atoms with Crippen molar-refractivity contribution in [2.45, 2.75) is 51.2 Å². The number of fused-ring (bicyclic) bond motifs is 1. The zero-order chi connectivity index (χ0) is 17.0. The normalized spacial score (nSPS) is 12.5. The minimum atomic E-state index is -0.627. The topological polar surface area (TPSA) is 61.2 Å². The first kappa shape index (κ1) is 18.0. The van der Waals surface area contributed by atoms with Crippen LogP contribution in [0.2, 0.25) is 0 Å². The molecule has 0 amide bonds. The van der Waals surface area contributed by atoms with Gasteiger partial charge in [-0.15, -0.1) is 11.3 Å². The van der Waals surface area contributed by atoms with Gasteiger partial charge < -0.3 is 4.74 Å². The first-order valence-electron chi connectivity index (χ1n) is 7.82. The lowest BCUT2D eigenvalue weighted by Gasteiger charge is -2.19. The summed E-state index contributed by atoms with van der Waals surface area (Å²) in [5, 5.41) is 1.15. The Labute approximate surface area is 144 Å². The maximum atomic E-state index is 12.9. The van der Waals surface area contributed by atoms with Gasteiger partial charge in [-0.05, 0) is 31.6 Å². The summed E-state index contributed by atoms with van der Waals surface area (Å²) in [6.45, 7) is 6.24. The van der Waals surface area contributed by atoms with Crippen molar-refractivity contribution in [1.29, 1.82) is 0 Å². The summed E-state index contributed by atoms with van der Waals surface area (Å²) >= 11 is 2.91.